The number of nitrogens with zero attached hydrogens (tertiary/aromatic N) is 2. The number of thioether (sulfide) groups is 1. The van der Waals surface area contributed by atoms with Crippen molar-refractivity contribution in [3.8, 4) is 0 Å². The molecule has 2 aromatic heterocycles. The Bertz CT molecular complexity index is 1010. The van der Waals surface area contributed by atoms with E-state index in [0.717, 1.165) is 17.9 Å². The van der Waals surface area contributed by atoms with Crippen LogP contribution in [0.3, 0.4) is 0 Å². The van der Waals surface area contributed by atoms with Gasteiger partial charge in [0.05, 0.1) is 5.75 Å². The van der Waals surface area contributed by atoms with Gasteiger partial charge in [-0.1, -0.05) is 39.0 Å². The average molecular weight is 437 g/mol. The largest absolute Gasteiger partial charge is 0.455 e. The zero-order valence-corrected chi connectivity index (χ0v) is 20.0. The molecule has 0 fully saturated rings. The van der Waals surface area contributed by atoms with E-state index in [-0.39, 0.29) is 11.3 Å². The zero-order chi connectivity index (χ0) is 22.4. The minimum atomic E-state index is -0.0689. The van der Waals surface area contributed by atoms with E-state index in [2.05, 4.69) is 50.9 Å². The first-order chi connectivity index (χ1) is 14.8. The van der Waals surface area contributed by atoms with Crippen molar-refractivity contribution in [1.29, 1.82) is 0 Å². The molecule has 2 heterocycles. The third kappa shape index (κ3) is 6.23. The summed E-state index contributed by atoms with van der Waals surface area (Å²) in [5, 5.41) is 0. The fourth-order valence-electron chi connectivity index (χ4n) is 3.30. The number of carbonyl (C=O) groups is 1. The minimum Gasteiger partial charge on any atom is -0.455 e. The highest BCUT2D eigenvalue weighted by molar-refractivity contribution is 7.98. The Morgan fingerprint density at radius 3 is 2.61 bits per heavy atom. The van der Waals surface area contributed by atoms with Crippen LogP contribution in [-0.4, -0.2) is 28.9 Å². The number of hydrogen-bond donors (Lipinski definition) is 0. The molecule has 31 heavy (non-hydrogen) atoms. The molecule has 0 bridgehead atoms. The van der Waals surface area contributed by atoms with Gasteiger partial charge in [-0.05, 0) is 60.7 Å². The molecule has 0 N–H and O–H groups in total. The van der Waals surface area contributed by atoms with Gasteiger partial charge in [0.15, 0.2) is 5.76 Å². The summed E-state index contributed by atoms with van der Waals surface area (Å²) in [4.78, 5) is 20.3. The van der Waals surface area contributed by atoms with Crippen LogP contribution in [0.25, 0.3) is 0 Å². The number of amides is 1. The number of likely N-dealkylation sites (N-methyl/N-ethyl adjacent to an activating group) is 1. The summed E-state index contributed by atoms with van der Waals surface area (Å²) in [5.41, 5.74) is 3.68. The quantitative estimate of drug-likeness (QED) is 0.390. The van der Waals surface area contributed by atoms with Gasteiger partial charge in [0.1, 0.15) is 5.76 Å². The number of furan rings is 1. The maximum absolute atomic E-state index is 12.9. The molecule has 0 spiro atoms. The lowest BCUT2D eigenvalue weighted by Crippen LogP contribution is -2.32. The lowest BCUT2D eigenvalue weighted by Gasteiger charge is -2.20. The second kappa shape index (κ2) is 10.2. The van der Waals surface area contributed by atoms with Crippen molar-refractivity contribution in [3.05, 3.63) is 83.1 Å². The molecule has 0 aliphatic carbocycles. The average Bonchev–Trinajstić information content (AvgIpc) is 3.22. The molecule has 0 radical (unpaired) electrons. The first-order valence-corrected chi connectivity index (χ1v) is 11.8. The Morgan fingerprint density at radius 2 is 1.94 bits per heavy atom. The topological polar surface area (TPSA) is 46.3 Å². The van der Waals surface area contributed by atoms with Crippen molar-refractivity contribution in [1.82, 2.24) is 9.88 Å². The summed E-state index contributed by atoms with van der Waals surface area (Å²) in [6.07, 6.45) is 2.51. The Kier molecular flexibility index (Phi) is 7.60. The number of carbonyl (C=O) groups excluding carboxylic acids is 1. The lowest BCUT2D eigenvalue weighted by molar-refractivity contribution is 0.0732. The Morgan fingerprint density at radius 1 is 1.13 bits per heavy atom. The van der Waals surface area contributed by atoms with E-state index in [4.69, 9.17) is 4.42 Å². The van der Waals surface area contributed by atoms with Crippen LogP contribution in [0.4, 0.5) is 0 Å². The summed E-state index contributed by atoms with van der Waals surface area (Å²) in [6, 6.07) is 16.2. The number of rotatable bonds is 8. The van der Waals surface area contributed by atoms with Gasteiger partial charge >= 0.3 is 0 Å². The monoisotopic (exact) mass is 436 g/mol. The van der Waals surface area contributed by atoms with Crippen molar-refractivity contribution in [3.63, 3.8) is 0 Å². The van der Waals surface area contributed by atoms with Crippen LogP contribution in [0.15, 0.2) is 64.0 Å². The molecule has 0 saturated carbocycles. The third-order valence-electron chi connectivity index (χ3n) is 5.33. The Hall–Kier alpha value is -2.53. The van der Waals surface area contributed by atoms with Crippen molar-refractivity contribution in [2.24, 2.45) is 0 Å². The van der Waals surface area contributed by atoms with E-state index in [0.29, 0.717) is 24.6 Å². The third-order valence-corrected chi connectivity index (χ3v) is 6.51. The summed E-state index contributed by atoms with van der Waals surface area (Å²) in [6.45, 7) is 12.1. The van der Waals surface area contributed by atoms with Gasteiger partial charge < -0.3 is 9.32 Å². The fraction of sp³-hybridized carbons (Fsp3) is 0.385. The number of aromatic nitrogens is 1. The van der Waals surface area contributed by atoms with Gasteiger partial charge in [-0.25, -0.2) is 0 Å². The summed E-state index contributed by atoms with van der Waals surface area (Å²) >= 11 is 1.75. The Balaban J connectivity index is 1.62. The van der Waals surface area contributed by atoms with Crippen LogP contribution in [0.5, 0.6) is 0 Å². The van der Waals surface area contributed by atoms with Gasteiger partial charge in [-0.3, -0.25) is 9.78 Å². The maximum atomic E-state index is 12.9. The van der Waals surface area contributed by atoms with E-state index in [1.165, 1.54) is 16.0 Å². The van der Waals surface area contributed by atoms with Crippen LogP contribution in [-0.2, 0) is 17.6 Å². The van der Waals surface area contributed by atoms with E-state index in [1.807, 2.05) is 31.2 Å². The van der Waals surface area contributed by atoms with Gasteiger partial charge in [-0.15, -0.1) is 11.8 Å². The molecular formula is C26H32N2O2S. The zero-order valence-electron chi connectivity index (χ0n) is 19.1. The summed E-state index contributed by atoms with van der Waals surface area (Å²) in [5.74, 6) is 1.84. The van der Waals surface area contributed by atoms with E-state index < -0.39 is 0 Å². The molecule has 4 nitrogen and oxygen atoms in total. The van der Waals surface area contributed by atoms with Crippen molar-refractivity contribution in [2.45, 2.75) is 57.1 Å². The van der Waals surface area contributed by atoms with Crippen molar-refractivity contribution in [2.75, 3.05) is 13.1 Å². The van der Waals surface area contributed by atoms with Crippen LogP contribution >= 0.6 is 11.8 Å². The smallest absolute Gasteiger partial charge is 0.289 e. The predicted octanol–water partition coefficient (Wildman–Crippen LogP) is 6.28. The molecule has 0 aliphatic rings. The van der Waals surface area contributed by atoms with Crippen molar-refractivity contribution < 1.29 is 9.21 Å². The molecular weight excluding hydrogens is 404 g/mol. The Labute approximate surface area is 190 Å². The molecule has 0 aliphatic heterocycles. The highest BCUT2D eigenvalue weighted by atomic mass is 32.2. The summed E-state index contributed by atoms with van der Waals surface area (Å²) < 4.78 is 5.91. The molecule has 0 saturated heterocycles. The highest BCUT2D eigenvalue weighted by Crippen LogP contribution is 2.31. The molecule has 1 amide bonds. The van der Waals surface area contributed by atoms with E-state index in [9.17, 15) is 4.79 Å². The molecule has 3 aromatic rings. The fourth-order valence-corrected chi connectivity index (χ4v) is 4.25. The standard InChI is InChI=1S/C26H32N2O2S/c1-6-28(16-14-21-9-7-8-15-27-21)25(29)23-13-12-22(30-23)18-31-24-17-20(26(3,4)5)11-10-19(24)2/h7-13,15,17H,6,14,16,18H2,1-5H3. The van der Waals surface area contributed by atoms with Gasteiger partial charge in [0.25, 0.3) is 5.91 Å². The number of hydrogen-bond acceptors (Lipinski definition) is 4. The van der Waals surface area contributed by atoms with Gasteiger partial charge in [0, 0.05) is 36.3 Å². The molecule has 0 unspecified atom stereocenters. The van der Waals surface area contributed by atoms with E-state index in [1.54, 1.807) is 28.9 Å². The first kappa shape index (κ1) is 23.1. The minimum absolute atomic E-state index is 0.0689. The molecule has 1 aromatic carbocycles. The summed E-state index contributed by atoms with van der Waals surface area (Å²) in [7, 11) is 0. The first-order valence-electron chi connectivity index (χ1n) is 10.8. The van der Waals surface area contributed by atoms with Crippen LogP contribution in [0, 0.1) is 6.92 Å². The molecule has 3 rings (SSSR count). The van der Waals surface area contributed by atoms with Crippen molar-refractivity contribution >= 4 is 17.7 Å². The van der Waals surface area contributed by atoms with E-state index >= 15 is 0 Å². The predicted molar refractivity (Wildman–Crippen MR) is 128 cm³/mol. The highest BCUT2D eigenvalue weighted by Gasteiger charge is 2.19. The van der Waals surface area contributed by atoms with Gasteiger partial charge in [0.2, 0.25) is 0 Å². The van der Waals surface area contributed by atoms with Crippen LogP contribution in [0.2, 0.25) is 0 Å². The second-order valence-corrected chi connectivity index (χ2v) is 9.76. The number of pyridine rings is 1. The normalized spacial score (nSPS) is 11.5. The molecule has 164 valence electrons. The number of benzene rings is 1. The SMILES string of the molecule is CCN(CCc1ccccn1)C(=O)c1ccc(CSc2cc(C(C)(C)C)ccc2C)o1. The lowest BCUT2D eigenvalue weighted by atomic mass is 9.87. The maximum Gasteiger partial charge on any atom is 0.289 e. The second-order valence-electron chi connectivity index (χ2n) is 8.74. The molecule has 5 heteroatoms. The van der Waals surface area contributed by atoms with Gasteiger partial charge in [-0.2, -0.15) is 0 Å². The van der Waals surface area contributed by atoms with Crippen LogP contribution in [0.1, 0.15) is 60.8 Å². The van der Waals surface area contributed by atoms with Crippen LogP contribution < -0.4 is 0 Å². The molecule has 0 atom stereocenters. The number of aryl methyl sites for hydroxylation is 1.